The minimum Gasteiger partial charge on any atom is -0.744 e. The second-order valence-corrected chi connectivity index (χ2v) is 15.4. The summed E-state index contributed by atoms with van der Waals surface area (Å²) < 4.78 is 39.5. The average molecular weight is 700 g/mol. The number of benzene rings is 3. The van der Waals surface area contributed by atoms with Gasteiger partial charge in [0.1, 0.15) is 22.4 Å². The Bertz CT molecular complexity index is 1930. The number of esters is 1. The maximum atomic E-state index is 13.9. The summed E-state index contributed by atoms with van der Waals surface area (Å²) in [4.78, 5) is 30.5. The van der Waals surface area contributed by atoms with E-state index in [0.29, 0.717) is 27.7 Å². The van der Waals surface area contributed by atoms with Crippen LogP contribution in [0.3, 0.4) is 0 Å². The monoisotopic (exact) mass is 699 g/mol. The fourth-order valence-corrected chi connectivity index (χ4v) is 8.67. The molecule has 2 bridgehead atoms. The highest BCUT2D eigenvalue weighted by Crippen LogP contribution is 2.42. The quantitative estimate of drug-likeness (QED) is 0.100. The highest BCUT2D eigenvalue weighted by atomic mass is 32.2. The van der Waals surface area contributed by atoms with E-state index < -0.39 is 26.2 Å². The number of aromatic nitrogens is 1. The molecule has 3 saturated heterocycles. The molecule has 10 nitrogen and oxygen atoms in total. The number of phenolic OH excluding ortho intramolecular Hbond substituents is 1. The van der Waals surface area contributed by atoms with E-state index in [4.69, 9.17) is 4.74 Å². The molecule has 4 aromatic rings. The second-order valence-electron chi connectivity index (χ2n) is 14.1. The number of piperidine rings is 3. The molecule has 4 fully saturated rings. The number of phenols is 1. The Balaban J connectivity index is 0.000000240. The van der Waals surface area contributed by atoms with Crippen molar-refractivity contribution in [1.29, 1.82) is 0 Å². The zero-order chi connectivity index (χ0) is 35.4. The molecule has 0 spiro atoms. The zero-order valence-electron chi connectivity index (χ0n) is 28.4. The van der Waals surface area contributed by atoms with Crippen LogP contribution < -0.4 is 5.32 Å². The van der Waals surface area contributed by atoms with Gasteiger partial charge in [0, 0.05) is 41.7 Å². The largest absolute Gasteiger partial charge is 0.744 e. The third-order valence-corrected chi connectivity index (χ3v) is 11.6. The van der Waals surface area contributed by atoms with E-state index in [0.717, 1.165) is 81.2 Å². The first-order chi connectivity index (χ1) is 24.0. The molecule has 1 aromatic heterocycles. The van der Waals surface area contributed by atoms with Crippen LogP contribution in [0, 0.1) is 12.8 Å². The van der Waals surface area contributed by atoms with Gasteiger partial charge in [0.25, 0.3) is 5.91 Å². The van der Waals surface area contributed by atoms with Crippen LogP contribution in [0.1, 0.15) is 62.6 Å². The molecule has 3 aliphatic heterocycles. The lowest BCUT2D eigenvalue weighted by Gasteiger charge is -2.52. The number of carbonyl (C=O) groups excluding carboxylic acids is 2. The Morgan fingerprint density at radius 1 is 0.960 bits per heavy atom. The third-order valence-electron chi connectivity index (χ3n) is 10.8. The van der Waals surface area contributed by atoms with E-state index in [9.17, 15) is 27.7 Å². The van der Waals surface area contributed by atoms with Gasteiger partial charge in [-0.1, -0.05) is 86.3 Å². The number of quaternary nitrogens is 1. The lowest BCUT2D eigenvalue weighted by atomic mass is 9.74. The number of amides is 1. The van der Waals surface area contributed by atoms with E-state index >= 15 is 0 Å². The second kappa shape index (κ2) is 14.9. The van der Waals surface area contributed by atoms with Crippen LogP contribution in [0.15, 0.2) is 90.0 Å². The van der Waals surface area contributed by atoms with Crippen molar-refractivity contribution in [1.82, 2.24) is 4.98 Å². The number of nitrogens with one attached hydrogen (secondary N) is 1. The summed E-state index contributed by atoms with van der Waals surface area (Å²) in [6, 6.07) is 23.3. The summed E-state index contributed by atoms with van der Waals surface area (Å²) in [6.07, 6.45) is 9.84. The van der Waals surface area contributed by atoms with Gasteiger partial charge in [-0.05, 0) is 48.9 Å². The molecule has 264 valence electrons. The lowest BCUT2D eigenvalue weighted by molar-refractivity contribution is -0.939. The molecule has 4 aliphatic rings. The number of rotatable bonds is 7. The first-order valence-corrected chi connectivity index (χ1v) is 18.9. The number of anilines is 1. The van der Waals surface area contributed by atoms with E-state index in [1.54, 1.807) is 30.5 Å². The minimum absolute atomic E-state index is 0.0190. The summed E-state index contributed by atoms with van der Waals surface area (Å²) in [5.74, 6) is -0.101. The molecule has 1 saturated carbocycles. The Morgan fingerprint density at radius 2 is 1.64 bits per heavy atom. The fourth-order valence-electron chi connectivity index (χ4n) is 8.09. The number of pyridine rings is 1. The molecule has 11 heteroatoms. The number of ether oxygens (including phenoxy) is 1. The van der Waals surface area contributed by atoms with Gasteiger partial charge in [0.15, 0.2) is 12.6 Å². The normalized spacial score (nSPS) is 22.8. The minimum atomic E-state index is -4.62. The number of aryl methyl sites for hydroxylation is 1. The third kappa shape index (κ3) is 7.85. The van der Waals surface area contributed by atoms with Crippen LogP contribution in [0.2, 0.25) is 0 Å². The molecule has 3 aromatic carbocycles. The van der Waals surface area contributed by atoms with Crippen LogP contribution in [0.4, 0.5) is 5.69 Å². The summed E-state index contributed by atoms with van der Waals surface area (Å²) in [5.41, 5.74) is 2.23. The average Bonchev–Trinajstić information content (AvgIpc) is 3.36. The molecule has 50 heavy (non-hydrogen) atoms. The van der Waals surface area contributed by atoms with Crippen molar-refractivity contribution >= 4 is 38.5 Å². The molecule has 1 aliphatic carbocycles. The number of carbonyl (C=O) groups is 2. The zero-order valence-corrected chi connectivity index (χ0v) is 29.2. The standard InChI is InChI=1S/C29H37N3O3.C10H8O4S/c1-22-19-25(11-16-30-22)31-27(33)21-32-17-12-23(13-18-32)26(20-32)35-28(34)29(14-7-2-3-8-15-29)24-9-5-4-6-10-24;11-10-8-4-2-1-3-7(8)5-6-9(10)15(12,13)14/h4-6,9-11,16,19,23,26H,2-3,7-8,12-15,17-18,20-21H2,1H3;1-6,11H,(H,12,13,14)/t23?,26-,32?;/m0./s1. The van der Waals surface area contributed by atoms with E-state index in [-0.39, 0.29) is 18.0 Å². The molecule has 1 atom stereocenters. The van der Waals surface area contributed by atoms with Crippen LogP contribution in [-0.2, 0) is 29.9 Å². The van der Waals surface area contributed by atoms with Gasteiger partial charge < -0.3 is 24.2 Å². The van der Waals surface area contributed by atoms with Crippen molar-refractivity contribution < 1.29 is 36.9 Å². The molecular formula is C39H45N3O7S. The molecule has 8 rings (SSSR count). The molecule has 1 amide bonds. The summed E-state index contributed by atoms with van der Waals surface area (Å²) in [7, 11) is -4.62. The van der Waals surface area contributed by atoms with Gasteiger partial charge >= 0.3 is 5.97 Å². The smallest absolute Gasteiger partial charge is 0.317 e. The number of nitrogens with zero attached hydrogens (tertiary/aromatic N) is 2. The SMILES string of the molecule is Cc1cc(NC(=O)C[N+]23CCC(CC2)[C@@H](OC(=O)C2(c4ccccc4)CCCCCC2)C3)ccn1.O=S(=O)([O-])c1ccc2ccccc2c1O. The van der Waals surface area contributed by atoms with Gasteiger partial charge in [-0.3, -0.25) is 14.6 Å². The predicted molar refractivity (Wildman–Crippen MR) is 189 cm³/mol. The lowest BCUT2D eigenvalue weighted by Crippen LogP contribution is -2.66. The van der Waals surface area contributed by atoms with E-state index in [1.165, 1.54) is 18.9 Å². The highest BCUT2D eigenvalue weighted by molar-refractivity contribution is 7.85. The maximum absolute atomic E-state index is 13.9. The Labute approximate surface area is 293 Å². The van der Waals surface area contributed by atoms with Gasteiger partial charge in [0.05, 0.1) is 23.4 Å². The van der Waals surface area contributed by atoms with Crippen molar-refractivity contribution in [2.45, 2.75) is 74.7 Å². The van der Waals surface area contributed by atoms with Crippen molar-refractivity contribution in [2.24, 2.45) is 5.92 Å². The topological polar surface area (TPSA) is 146 Å². The van der Waals surface area contributed by atoms with Gasteiger partial charge in [0.2, 0.25) is 0 Å². The summed E-state index contributed by atoms with van der Waals surface area (Å²) in [6.45, 7) is 5.04. The van der Waals surface area contributed by atoms with Crippen LogP contribution in [0.5, 0.6) is 5.75 Å². The summed E-state index contributed by atoms with van der Waals surface area (Å²) >= 11 is 0. The Hall–Kier alpha value is -4.32. The van der Waals surface area contributed by atoms with Crippen molar-refractivity contribution in [3.63, 3.8) is 0 Å². The first-order valence-electron chi connectivity index (χ1n) is 17.5. The number of hydrogen-bond donors (Lipinski definition) is 2. The fraction of sp³-hybridized carbons (Fsp3) is 0.410. The van der Waals surface area contributed by atoms with Gasteiger partial charge in [-0.25, -0.2) is 8.42 Å². The van der Waals surface area contributed by atoms with Crippen LogP contribution in [-0.4, -0.2) is 71.7 Å². The first kappa shape index (κ1) is 35.5. The number of hydrogen-bond acceptors (Lipinski definition) is 8. The van der Waals surface area contributed by atoms with Gasteiger partial charge in [-0.15, -0.1) is 0 Å². The Kier molecular flexibility index (Phi) is 10.6. The molecule has 4 heterocycles. The Morgan fingerprint density at radius 3 is 2.32 bits per heavy atom. The number of fused-ring (bicyclic) bond motifs is 4. The molecular weight excluding hydrogens is 655 g/mol. The molecule has 0 radical (unpaired) electrons. The van der Waals surface area contributed by atoms with Crippen molar-refractivity contribution in [2.75, 3.05) is 31.5 Å². The van der Waals surface area contributed by atoms with Crippen LogP contribution >= 0.6 is 0 Å². The van der Waals surface area contributed by atoms with Crippen LogP contribution in [0.25, 0.3) is 10.8 Å². The summed E-state index contributed by atoms with van der Waals surface area (Å²) in [5, 5.41) is 13.7. The maximum Gasteiger partial charge on any atom is 0.317 e. The molecule has 2 N–H and O–H groups in total. The van der Waals surface area contributed by atoms with E-state index in [1.807, 2.05) is 37.3 Å². The van der Waals surface area contributed by atoms with Crippen molar-refractivity contribution in [3.05, 3.63) is 96.3 Å². The van der Waals surface area contributed by atoms with Gasteiger partial charge in [-0.2, -0.15) is 0 Å². The predicted octanol–water partition coefficient (Wildman–Crippen LogP) is 6.22. The van der Waals surface area contributed by atoms with Crippen molar-refractivity contribution in [3.8, 4) is 5.75 Å². The number of aromatic hydroxyl groups is 1. The highest BCUT2D eigenvalue weighted by Gasteiger charge is 2.51. The molecule has 0 unspecified atom stereocenters. The van der Waals surface area contributed by atoms with E-state index in [2.05, 4.69) is 22.4 Å².